The van der Waals surface area contributed by atoms with Crippen LogP contribution < -0.4 is 0 Å². The van der Waals surface area contributed by atoms with E-state index < -0.39 is 44.5 Å². The van der Waals surface area contributed by atoms with Gasteiger partial charge >= 0.3 is 17.9 Å². The summed E-state index contributed by atoms with van der Waals surface area (Å²) in [6.45, 7) is 5.97. The highest BCUT2D eigenvalue weighted by atomic mass is 32.2. The molecule has 0 aliphatic heterocycles. The first-order chi connectivity index (χ1) is 20.1. The van der Waals surface area contributed by atoms with Gasteiger partial charge in [0, 0.05) is 18.2 Å². The zero-order valence-electron chi connectivity index (χ0n) is 24.9. The Morgan fingerprint density at radius 1 is 0.930 bits per heavy atom. The molecule has 0 amide bonds. The van der Waals surface area contributed by atoms with Crippen LogP contribution >= 0.6 is 0 Å². The van der Waals surface area contributed by atoms with Gasteiger partial charge in [-0.1, -0.05) is 48.9 Å². The minimum absolute atomic E-state index is 0.00726. The van der Waals surface area contributed by atoms with Gasteiger partial charge in [0.1, 0.15) is 12.2 Å². The molecule has 1 atom stereocenters. The summed E-state index contributed by atoms with van der Waals surface area (Å²) in [6, 6.07) is 14.1. The Kier molecular flexibility index (Phi) is 12.9. The lowest BCUT2D eigenvalue weighted by Gasteiger charge is -2.23. The Bertz CT molecular complexity index is 1410. The van der Waals surface area contributed by atoms with Gasteiger partial charge in [0.05, 0.1) is 17.1 Å². The average molecular weight is 620 g/mol. The van der Waals surface area contributed by atoms with Gasteiger partial charge < -0.3 is 19.0 Å². The number of esters is 3. The Labute approximate surface area is 251 Å². The second-order valence-corrected chi connectivity index (χ2v) is 12.6. The van der Waals surface area contributed by atoms with Crippen molar-refractivity contribution < 1.29 is 46.9 Å². The second kappa shape index (κ2) is 15.8. The molecular weight excluding hydrogens is 582 g/mol. The highest BCUT2D eigenvalue weighted by molar-refractivity contribution is 7.90. The van der Waals surface area contributed by atoms with Crippen molar-refractivity contribution in [2.24, 2.45) is 0 Å². The maximum absolute atomic E-state index is 13.6. The third kappa shape index (κ3) is 12.2. The van der Waals surface area contributed by atoms with E-state index in [9.17, 15) is 32.9 Å². The van der Waals surface area contributed by atoms with Crippen molar-refractivity contribution in [3.63, 3.8) is 0 Å². The summed E-state index contributed by atoms with van der Waals surface area (Å²) >= 11 is 0. The molecule has 0 radical (unpaired) electrons. The minimum Gasteiger partial charge on any atom is -0.461 e. The molecule has 0 unspecified atom stereocenters. The SMILES string of the molecule is C[C@H](OC(=O)C(=C(COC(=O)CCCCCO[N+](=O)[O-])c1ccc(S(C)(=O)=O)cc1)c1ccccc1)C(=O)OC(C)(C)C. The molecular formula is C30H37NO11S. The predicted molar refractivity (Wildman–Crippen MR) is 157 cm³/mol. The van der Waals surface area contributed by atoms with Crippen molar-refractivity contribution in [2.75, 3.05) is 19.5 Å². The molecule has 0 aliphatic carbocycles. The van der Waals surface area contributed by atoms with Crippen LogP contribution in [0.25, 0.3) is 11.1 Å². The third-order valence-corrected chi connectivity index (χ3v) is 6.95. The van der Waals surface area contributed by atoms with Crippen molar-refractivity contribution in [3.05, 3.63) is 75.8 Å². The number of nitrogens with zero attached hydrogens (tertiary/aromatic N) is 1. The number of hydrogen-bond acceptors (Lipinski definition) is 11. The average Bonchev–Trinajstić information content (AvgIpc) is 2.91. The zero-order chi connectivity index (χ0) is 32.2. The monoisotopic (exact) mass is 619 g/mol. The Morgan fingerprint density at radius 2 is 1.56 bits per heavy atom. The van der Waals surface area contributed by atoms with Crippen molar-refractivity contribution in [2.45, 2.75) is 70.0 Å². The van der Waals surface area contributed by atoms with Crippen LogP contribution in [0.4, 0.5) is 0 Å². The topological polar surface area (TPSA) is 165 Å². The van der Waals surface area contributed by atoms with Gasteiger partial charge in [-0.25, -0.2) is 18.0 Å². The minimum atomic E-state index is -3.51. The fraction of sp³-hybridized carbons (Fsp3) is 0.433. The number of hydrogen-bond donors (Lipinski definition) is 0. The van der Waals surface area contributed by atoms with Crippen molar-refractivity contribution in [1.82, 2.24) is 0 Å². The molecule has 0 aliphatic rings. The van der Waals surface area contributed by atoms with E-state index in [1.165, 1.54) is 31.2 Å². The number of ether oxygens (including phenoxy) is 3. The van der Waals surface area contributed by atoms with Crippen molar-refractivity contribution in [1.29, 1.82) is 0 Å². The van der Waals surface area contributed by atoms with E-state index in [1.807, 2.05) is 0 Å². The van der Waals surface area contributed by atoms with Crippen molar-refractivity contribution in [3.8, 4) is 0 Å². The summed E-state index contributed by atoms with van der Waals surface area (Å²) in [5.74, 6) is -2.21. The van der Waals surface area contributed by atoms with Crippen LogP contribution in [-0.4, -0.2) is 62.6 Å². The molecule has 0 saturated carbocycles. The van der Waals surface area contributed by atoms with Gasteiger partial charge in [-0.2, -0.15) is 0 Å². The van der Waals surface area contributed by atoms with Gasteiger partial charge in [0.15, 0.2) is 15.9 Å². The van der Waals surface area contributed by atoms with Gasteiger partial charge in [0.2, 0.25) is 0 Å². The van der Waals surface area contributed by atoms with Gasteiger partial charge in [-0.05, 0) is 63.8 Å². The number of carbonyl (C=O) groups is 3. The summed E-state index contributed by atoms with van der Waals surface area (Å²) in [6.07, 6.45) is 1.08. The van der Waals surface area contributed by atoms with Crippen molar-refractivity contribution >= 4 is 38.9 Å². The quantitative estimate of drug-likeness (QED) is 0.0521. The van der Waals surface area contributed by atoms with Crippen LogP contribution in [0.1, 0.15) is 64.5 Å². The highest BCUT2D eigenvalue weighted by Crippen LogP contribution is 2.30. The van der Waals surface area contributed by atoms with Crippen LogP contribution in [0, 0.1) is 10.1 Å². The molecule has 2 aromatic carbocycles. The molecule has 0 aromatic heterocycles. The molecule has 0 bridgehead atoms. The first kappa shape index (κ1) is 34.9. The molecule has 0 saturated heterocycles. The molecule has 0 spiro atoms. The Hall–Kier alpha value is -4.26. The highest BCUT2D eigenvalue weighted by Gasteiger charge is 2.28. The first-order valence-corrected chi connectivity index (χ1v) is 15.4. The van der Waals surface area contributed by atoms with Gasteiger partial charge in [0.25, 0.3) is 5.09 Å². The summed E-state index contributed by atoms with van der Waals surface area (Å²) in [4.78, 5) is 53.3. The number of rotatable bonds is 15. The van der Waals surface area contributed by atoms with Gasteiger partial charge in [-0.15, -0.1) is 10.1 Å². The van der Waals surface area contributed by atoms with Crippen LogP contribution in [-0.2, 0) is 43.3 Å². The summed E-state index contributed by atoms with van der Waals surface area (Å²) in [5, 5.41) is 9.36. The fourth-order valence-electron chi connectivity index (χ4n) is 3.79. The maximum Gasteiger partial charge on any atom is 0.347 e. The molecule has 13 heteroatoms. The Morgan fingerprint density at radius 3 is 2.12 bits per heavy atom. The van der Waals surface area contributed by atoms with E-state index in [4.69, 9.17) is 14.2 Å². The fourth-order valence-corrected chi connectivity index (χ4v) is 4.42. The lowest BCUT2D eigenvalue weighted by molar-refractivity contribution is -0.757. The first-order valence-electron chi connectivity index (χ1n) is 13.5. The number of benzene rings is 2. The normalized spacial score (nSPS) is 12.9. The van der Waals surface area contributed by atoms with E-state index in [0.29, 0.717) is 30.4 Å². The van der Waals surface area contributed by atoms with E-state index in [-0.39, 0.29) is 35.7 Å². The summed E-state index contributed by atoms with van der Waals surface area (Å²) in [7, 11) is -3.51. The van der Waals surface area contributed by atoms with E-state index in [1.54, 1.807) is 51.1 Å². The molecule has 234 valence electrons. The van der Waals surface area contributed by atoms with E-state index in [0.717, 1.165) is 6.26 Å². The smallest absolute Gasteiger partial charge is 0.347 e. The summed E-state index contributed by atoms with van der Waals surface area (Å²) < 4.78 is 40.4. The van der Waals surface area contributed by atoms with Crippen LogP contribution in [0.5, 0.6) is 0 Å². The molecule has 0 fully saturated rings. The third-order valence-electron chi connectivity index (χ3n) is 5.82. The molecule has 2 aromatic rings. The van der Waals surface area contributed by atoms with Crippen LogP contribution in [0.2, 0.25) is 0 Å². The molecule has 12 nitrogen and oxygen atoms in total. The second-order valence-electron chi connectivity index (χ2n) is 10.6. The largest absolute Gasteiger partial charge is 0.461 e. The summed E-state index contributed by atoms with van der Waals surface area (Å²) in [5.41, 5.74) is 0.217. The lowest BCUT2D eigenvalue weighted by atomic mass is 9.95. The Balaban J connectivity index is 2.43. The predicted octanol–water partition coefficient (Wildman–Crippen LogP) is 4.59. The molecule has 0 N–H and O–H groups in total. The van der Waals surface area contributed by atoms with Crippen LogP contribution in [0.3, 0.4) is 0 Å². The maximum atomic E-state index is 13.6. The standard InChI is InChI=1S/C30H37NO11S/c1-21(28(33)42-30(2,3)4)41-29(34)27(23-12-8-6-9-13-23)25(22-15-17-24(18-16-22)43(5,37)38)20-39-26(32)14-10-7-11-19-40-31(35)36/h6,8-9,12-13,15-18,21H,7,10-11,14,19-20H2,1-5H3/t21-/m0/s1. The number of carbonyl (C=O) groups excluding carboxylic acids is 3. The van der Waals surface area contributed by atoms with Crippen LogP contribution in [0.15, 0.2) is 59.5 Å². The number of unbranched alkanes of at least 4 members (excludes halogenated alkanes) is 2. The molecule has 0 heterocycles. The van der Waals surface area contributed by atoms with E-state index in [2.05, 4.69) is 4.84 Å². The molecule has 43 heavy (non-hydrogen) atoms. The number of sulfone groups is 1. The zero-order valence-corrected chi connectivity index (χ0v) is 25.7. The lowest BCUT2D eigenvalue weighted by Crippen LogP contribution is -2.33. The molecule has 2 rings (SSSR count). The van der Waals surface area contributed by atoms with Gasteiger partial charge in [-0.3, -0.25) is 4.79 Å². The van der Waals surface area contributed by atoms with E-state index >= 15 is 0 Å².